The number of hydrogen-bond donors (Lipinski definition) is 2. The zero-order chi connectivity index (χ0) is 21.3. The number of nitrogens with zero attached hydrogens (tertiary/aromatic N) is 2. The van der Waals surface area contributed by atoms with Crippen LogP contribution in [0.2, 0.25) is 5.02 Å². The lowest BCUT2D eigenvalue weighted by Gasteiger charge is -2.15. The van der Waals surface area contributed by atoms with Gasteiger partial charge in [0, 0.05) is 11.0 Å². The van der Waals surface area contributed by atoms with E-state index in [0.29, 0.717) is 35.3 Å². The predicted octanol–water partition coefficient (Wildman–Crippen LogP) is 5.59. The van der Waals surface area contributed by atoms with Crippen LogP contribution in [0.25, 0.3) is 11.0 Å². The van der Waals surface area contributed by atoms with Gasteiger partial charge in [-0.15, -0.1) is 6.58 Å². The van der Waals surface area contributed by atoms with Crippen molar-refractivity contribution in [3.63, 3.8) is 0 Å². The Morgan fingerprint density at radius 2 is 2.23 bits per heavy atom. The Morgan fingerprint density at radius 1 is 1.43 bits per heavy atom. The first-order valence-corrected chi connectivity index (χ1v) is 10.6. The average Bonchev–Trinajstić information content (AvgIpc) is 3.45. The van der Waals surface area contributed by atoms with Gasteiger partial charge in [0.05, 0.1) is 40.4 Å². The molecular weight excluding hydrogens is 475 g/mol. The van der Waals surface area contributed by atoms with Gasteiger partial charge in [-0.3, -0.25) is 9.63 Å². The van der Waals surface area contributed by atoms with Gasteiger partial charge in [-0.05, 0) is 43.0 Å². The maximum Gasteiger partial charge on any atom is 0.277 e. The van der Waals surface area contributed by atoms with Crippen molar-refractivity contribution in [1.82, 2.24) is 15.0 Å². The van der Waals surface area contributed by atoms with Crippen LogP contribution in [0.3, 0.4) is 0 Å². The van der Waals surface area contributed by atoms with E-state index in [0.717, 1.165) is 17.3 Å². The lowest BCUT2D eigenvalue weighted by atomic mass is 10.1. The van der Waals surface area contributed by atoms with Gasteiger partial charge in [0.1, 0.15) is 5.52 Å². The van der Waals surface area contributed by atoms with E-state index in [1.807, 2.05) is 0 Å². The third kappa shape index (κ3) is 4.35. The first-order chi connectivity index (χ1) is 14.5. The van der Waals surface area contributed by atoms with Crippen LogP contribution in [-0.4, -0.2) is 22.1 Å². The van der Waals surface area contributed by atoms with Crippen LogP contribution in [0.1, 0.15) is 23.2 Å². The van der Waals surface area contributed by atoms with E-state index in [1.165, 1.54) is 6.33 Å². The summed E-state index contributed by atoms with van der Waals surface area (Å²) in [7, 11) is 0. The molecule has 1 fully saturated rings. The number of allylic oxidation sites excluding steroid dienone is 1. The van der Waals surface area contributed by atoms with Crippen molar-refractivity contribution in [2.24, 2.45) is 5.92 Å². The third-order valence-corrected chi connectivity index (χ3v) is 5.60. The first kappa shape index (κ1) is 20.8. The van der Waals surface area contributed by atoms with Gasteiger partial charge in [-0.1, -0.05) is 33.6 Å². The highest BCUT2D eigenvalue weighted by Crippen LogP contribution is 2.34. The molecule has 0 unspecified atom stereocenters. The number of halogens is 3. The first-order valence-electron chi connectivity index (χ1n) is 9.40. The number of imidazole rings is 1. The molecule has 6 nitrogen and oxygen atoms in total. The summed E-state index contributed by atoms with van der Waals surface area (Å²) in [5.41, 5.74) is 3.55. The average molecular weight is 494 g/mol. The molecule has 9 heteroatoms. The Morgan fingerprint density at radius 3 is 2.93 bits per heavy atom. The Labute approximate surface area is 186 Å². The summed E-state index contributed by atoms with van der Waals surface area (Å²) in [4.78, 5) is 22.3. The van der Waals surface area contributed by atoms with Crippen molar-refractivity contribution in [1.29, 1.82) is 0 Å². The lowest BCUT2D eigenvalue weighted by Crippen LogP contribution is -2.26. The second kappa shape index (κ2) is 8.75. The smallest absolute Gasteiger partial charge is 0.277 e. The molecule has 0 aliphatic heterocycles. The van der Waals surface area contributed by atoms with Gasteiger partial charge in [-0.25, -0.2) is 14.9 Å². The molecule has 1 saturated carbocycles. The Bertz CT molecular complexity index is 1130. The number of carbonyl (C=O) groups is 1. The number of carbonyl (C=O) groups excluding carboxylic acids is 1. The molecule has 156 valence electrons. The molecule has 0 bridgehead atoms. The fraction of sp³-hybridized carbons (Fsp3) is 0.238. The van der Waals surface area contributed by atoms with Gasteiger partial charge >= 0.3 is 0 Å². The number of hydrogen-bond acceptors (Lipinski definition) is 4. The van der Waals surface area contributed by atoms with Crippen molar-refractivity contribution in [2.75, 3.05) is 11.9 Å². The number of benzene rings is 2. The molecule has 30 heavy (non-hydrogen) atoms. The van der Waals surface area contributed by atoms with E-state index in [4.69, 9.17) is 16.4 Å². The number of anilines is 2. The van der Waals surface area contributed by atoms with Crippen LogP contribution in [0.5, 0.6) is 0 Å². The molecule has 0 saturated heterocycles. The van der Waals surface area contributed by atoms with Gasteiger partial charge in [0.25, 0.3) is 5.91 Å². The summed E-state index contributed by atoms with van der Waals surface area (Å²) in [6.45, 7) is 4.57. The molecule has 2 aromatic carbocycles. The lowest BCUT2D eigenvalue weighted by molar-refractivity contribution is 0.0271. The topological polar surface area (TPSA) is 68.2 Å². The standard InChI is InChI=1S/C21H19BrClFN4O2/c1-2-7-28-11-25-20-17(28)9-14(21(29)27-30-10-12-3-4-12)19(18(20)24)26-16-6-5-13(22)8-15(16)23/h2,5-6,8-9,11-12,26H,1,3-4,7,10H2,(H,27,29). The molecule has 0 atom stereocenters. The number of rotatable bonds is 8. The highest BCUT2D eigenvalue weighted by atomic mass is 79.9. The fourth-order valence-electron chi connectivity index (χ4n) is 3.03. The van der Waals surface area contributed by atoms with E-state index in [1.54, 1.807) is 34.9 Å². The molecule has 1 aliphatic rings. The van der Waals surface area contributed by atoms with Crippen LogP contribution in [0.15, 0.2) is 47.7 Å². The maximum absolute atomic E-state index is 15.5. The monoisotopic (exact) mass is 492 g/mol. The summed E-state index contributed by atoms with van der Waals surface area (Å²) >= 11 is 9.62. The molecule has 1 heterocycles. The minimum atomic E-state index is -0.651. The molecule has 2 N–H and O–H groups in total. The molecular formula is C21H19BrClFN4O2. The van der Waals surface area contributed by atoms with E-state index in [-0.39, 0.29) is 16.8 Å². The Kier molecular flexibility index (Phi) is 6.08. The zero-order valence-corrected chi connectivity index (χ0v) is 18.3. The van der Waals surface area contributed by atoms with Crippen LogP contribution in [0, 0.1) is 11.7 Å². The summed E-state index contributed by atoms with van der Waals surface area (Å²) in [5, 5.41) is 3.32. The number of nitrogens with one attached hydrogen (secondary N) is 2. The Hall–Kier alpha value is -2.42. The van der Waals surface area contributed by atoms with Crippen molar-refractivity contribution in [3.8, 4) is 0 Å². The molecule has 1 amide bonds. The SMILES string of the molecule is C=CCn1cnc2c(F)c(Nc3ccc(Br)cc3Cl)c(C(=O)NOCC3CC3)cc21. The normalized spacial score (nSPS) is 13.4. The van der Waals surface area contributed by atoms with Gasteiger partial charge in [0.15, 0.2) is 5.82 Å². The van der Waals surface area contributed by atoms with Crippen LogP contribution >= 0.6 is 27.5 Å². The van der Waals surface area contributed by atoms with Crippen molar-refractivity contribution >= 4 is 55.8 Å². The highest BCUT2D eigenvalue weighted by Gasteiger charge is 2.25. The third-order valence-electron chi connectivity index (χ3n) is 4.80. The summed E-state index contributed by atoms with van der Waals surface area (Å²) in [5.74, 6) is -0.738. The van der Waals surface area contributed by atoms with Crippen molar-refractivity contribution < 1.29 is 14.0 Å². The largest absolute Gasteiger partial charge is 0.351 e. The zero-order valence-electron chi connectivity index (χ0n) is 15.9. The van der Waals surface area contributed by atoms with E-state index in [9.17, 15) is 4.79 Å². The molecule has 0 spiro atoms. The van der Waals surface area contributed by atoms with Crippen LogP contribution in [0.4, 0.5) is 15.8 Å². The fourth-order valence-corrected chi connectivity index (χ4v) is 3.75. The maximum atomic E-state index is 15.5. The summed E-state index contributed by atoms with van der Waals surface area (Å²) in [6, 6.07) is 6.72. The van der Waals surface area contributed by atoms with Crippen molar-refractivity contribution in [3.05, 3.63) is 64.1 Å². The van der Waals surface area contributed by atoms with E-state index >= 15 is 4.39 Å². The van der Waals surface area contributed by atoms with E-state index in [2.05, 4.69) is 38.3 Å². The van der Waals surface area contributed by atoms with E-state index < -0.39 is 11.7 Å². The highest BCUT2D eigenvalue weighted by molar-refractivity contribution is 9.10. The van der Waals surface area contributed by atoms with Gasteiger partial charge in [0.2, 0.25) is 0 Å². The summed E-state index contributed by atoms with van der Waals surface area (Å²) in [6.07, 6.45) is 5.36. The van der Waals surface area contributed by atoms with Crippen LogP contribution in [-0.2, 0) is 11.4 Å². The number of hydroxylamine groups is 1. The van der Waals surface area contributed by atoms with Crippen LogP contribution < -0.4 is 10.8 Å². The molecule has 1 aromatic heterocycles. The quantitative estimate of drug-likeness (QED) is 0.317. The minimum Gasteiger partial charge on any atom is -0.351 e. The number of aromatic nitrogens is 2. The summed E-state index contributed by atoms with van der Waals surface area (Å²) < 4.78 is 18.0. The minimum absolute atomic E-state index is 0.0249. The van der Waals surface area contributed by atoms with Gasteiger partial charge < -0.3 is 9.88 Å². The molecule has 3 aromatic rings. The molecule has 4 rings (SSSR count). The molecule has 0 radical (unpaired) electrons. The van der Waals surface area contributed by atoms with Crippen molar-refractivity contribution in [2.45, 2.75) is 19.4 Å². The second-order valence-corrected chi connectivity index (χ2v) is 8.42. The van der Waals surface area contributed by atoms with Gasteiger partial charge in [-0.2, -0.15) is 0 Å². The number of amides is 1. The second-order valence-electron chi connectivity index (χ2n) is 7.10. The number of fused-ring (bicyclic) bond motifs is 1. The molecule has 1 aliphatic carbocycles. The Balaban J connectivity index is 1.75. The predicted molar refractivity (Wildman–Crippen MR) is 118 cm³/mol.